The first-order chi connectivity index (χ1) is 9.61. The van der Waals surface area contributed by atoms with Crippen LogP contribution in [0.2, 0.25) is 0 Å². The Bertz CT molecular complexity index is 507. The largest absolute Gasteiger partial charge is 0.506 e. The zero-order valence-corrected chi connectivity index (χ0v) is 11.8. The molecule has 0 bridgehead atoms. The van der Waals surface area contributed by atoms with Gasteiger partial charge in [-0.05, 0) is 13.3 Å². The number of carbonyl (C=O) groups is 1. The van der Waals surface area contributed by atoms with E-state index in [2.05, 4.69) is 4.99 Å². The monoisotopic (exact) mass is 276 g/mol. The number of amidine groups is 1. The predicted octanol–water partition coefficient (Wildman–Crippen LogP) is 2.29. The maximum absolute atomic E-state index is 12.0. The molecule has 0 radical (unpaired) electrons. The Morgan fingerprint density at radius 2 is 1.95 bits per heavy atom. The van der Waals surface area contributed by atoms with Gasteiger partial charge in [-0.15, -0.1) is 0 Å². The Morgan fingerprint density at radius 1 is 1.30 bits per heavy atom. The molecule has 0 saturated carbocycles. The van der Waals surface area contributed by atoms with Gasteiger partial charge in [-0.2, -0.15) is 0 Å². The summed E-state index contributed by atoms with van der Waals surface area (Å²) in [6.07, 6.45) is 0.795. The first-order valence-corrected chi connectivity index (χ1v) is 6.57. The van der Waals surface area contributed by atoms with Crippen molar-refractivity contribution in [2.45, 2.75) is 20.3 Å². The number of ether oxygens (including phenoxy) is 1. The Labute approximate surface area is 118 Å². The summed E-state index contributed by atoms with van der Waals surface area (Å²) < 4.78 is 4.93. The number of hydrogen-bond donors (Lipinski definition) is 2. The molecule has 1 rings (SSSR count). The topological polar surface area (TPSA) is 84.9 Å². The molecule has 0 spiro atoms. The van der Waals surface area contributed by atoms with Crippen LogP contribution in [0.1, 0.15) is 25.8 Å². The lowest BCUT2D eigenvalue weighted by Gasteiger charge is -2.10. The zero-order chi connectivity index (χ0) is 15.0. The molecular weight excluding hydrogens is 256 g/mol. The van der Waals surface area contributed by atoms with E-state index in [4.69, 9.17) is 10.5 Å². The maximum Gasteiger partial charge on any atom is 0.345 e. The number of nitrogens with two attached hydrogens (primary N) is 1. The quantitative estimate of drug-likeness (QED) is 0.274. The van der Waals surface area contributed by atoms with Gasteiger partial charge in [-0.1, -0.05) is 37.3 Å². The number of aliphatic hydroxyl groups is 1. The van der Waals surface area contributed by atoms with Gasteiger partial charge in [0.25, 0.3) is 0 Å². The average Bonchev–Trinajstić information content (AvgIpc) is 2.46. The van der Waals surface area contributed by atoms with Crippen LogP contribution in [0.5, 0.6) is 0 Å². The molecule has 0 fully saturated rings. The number of benzene rings is 1. The maximum atomic E-state index is 12.0. The Kier molecular flexibility index (Phi) is 6.29. The average molecular weight is 276 g/mol. The summed E-state index contributed by atoms with van der Waals surface area (Å²) in [5, 5.41) is 10.3. The highest BCUT2D eigenvalue weighted by Crippen LogP contribution is 2.17. The number of rotatable bonds is 6. The summed E-state index contributed by atoms with van der Waals surface area (Å²) >= 11 is 0. The van der Waals surface area contributed by atoms with E-state index in [1.807, 2.05) is 13.0 Å². The highest BCUT2D eigenvalue weighted by molar-refractivity contribution is 6.22. The third-order valence-electron chi connectivity index (χ3n) is 2.53. The van der Waals surface area contributed by atoms with Crippen molar-refractivity contribution in [3.8, 4) is 0 Å². The first-order valence-electron chi connectivity index (χ1n) is 6.57. The number of aliphatic hydroxyl groups excluding tert-OH is 1. The molecule has 5 heteroatoms. The summed E-state index contributed by atoms with van der Waals surface area (Å²) in [7, 11) is 0. The minimum absolute atomic E-state index is 0.00773. The van der Waals surface area contributed by atoms with Gasteiger partial charge in [0.05, 0.1) is 6.61 Å². The van der Waals surface area contributed by atoms with E-state index in [1.54, 1.807) is 31.2 Å². The first kappa shape index (κ1) is 15.8. The predicted molar refractivity (Wildman–Crippen MR) is 79.4 cm³/mol. The highest BCUT2D eigenvalue weighted by atomic mass is 16.5. The van der Waals surface area contributed by atoms with Gasteiger partial charge in [0, 0.05) is 12.1 Å². The van der Waals surface area contributed by atoms with Crippen LogP contribution in [-0.4, -0.2) is 30.1 Å². The molecule has 5 nitrogen and oxygen atoms in total. The Morgan fingerprint density at radius 3 is 2.50 bits per heavy atom. The van der Waals surface area contributed by atoms with E-state index < -0.39 is 5.97 Å². The lowest BCUT2D eigenvalue weighted by molar-refractivity contribution is -0.137. The van der Waals surface area contributed by atoms with Crippen LogP contribution in [0.25, 0.3) is 5.76 Å². The van der Waals surface area contributed by atoms with Crippen LogP contribution < -0.4 is 5.73 Å². The van der Waals surface area contributed by atoms with Crippen LogP contribution in [-0.2, 0) is 9.53 Å². The van der Waals surface area contributed by atoms with E-state index in [0.29, 0.717) is 12.1 Å². The molecular formula is C15H20N2O3. The van der Waals surface area contributed by atoms with E-state index in [-0.39, 0.29) is 23.8 Å². The Balaban J connectivity index is 3.25. The second-order valence-corrected chi connectivity index (χ2v) is 4.08. The van der Waals surface area contributed by atoms with E-state index in [0.717, 1.165) is 6.42 Å². The van der Waals surface area contributed by atoms with Gasteiger partial charge in [0.1, 0.15) is 17.2 Å². The fourth-order valence-electron chi connectivity index (χ4n) is 1.58. The van der Waals surface area contributed by atoms with Crippen molar-refractivity contribution in [2.75, 3.05) is 13.2 Å². The van der Waals surface area contributed by atoms with E-state index in [9.17, 15) is 9.90 Å². The van der Waals surface area contributed by atoms with Crippen LogP contribution in [0.15, 0.2) is 40.9 Å². The third kappa shape index (κ3) is 4.12. The van der Waals surface area contributed by atoms with Crippen molar-refractivity contribution in [1.82, 2.24) is 0 Å². The molecule has 0 heterocycles. The van der Waals surface area contributed by atoms with Crippen LogP contribution in [0.3, 0.4) is 0 Å². The van der Waals surface area contributed by atoms with Crippen molar-refractivity contribution in [3.63, 3.8) is 0 Å². The van der Waals surface area contributed by atoms with Crippen LogP contribution in [0.4, 0.5) is 0 Å². The van der Waals surface area contributed by atoms with Gasteiger partial charge in [-0.3, -0.25) is 4.99 Å². The van der Waals surface area contributed by atoms with Gasteiger partial charge in [0.15, 0.2) is 0 Å². The van der Waals surface area contributed by atoms with E-state index >= 15 is 0 Å². The summed E-state index contributed by atoms with van der Waals surface area (Å²) in [4.78, 5) is 16.0. The van der Waals surface area contributed by atoms with Crippen LogP contribution in [0, 0.1) is 0 Å². The number of aliphatic imine (C=N–C) groups is 1. The molecule has 0 atom stereocenters. The molecule has 1 aromatic carbocycles. The minimum Gasteiger partial charge on any atom is -0.506 e. The molecule has 3 N–H and O–H groups in total. The number of esters is 1. The van der Waals surface area contributed by atoms with Crippen molar-refractivity contribution >= 4 is 17.6 Å². The number of nitrogens with zero attached hydrogens (tertiary/aromatic N) is 1. The zero-order valence-electron chi connectivity index (χ0n) is 11.8. The van der Waals surface area contributed by atoms with Gasteiger partial charge >= 0.3 is 5.97 Å². The minimum atomic E-state index is -0.675. The molecule has 0 aliphatic carbocycles. The smallest absolute Gasteiger partial charge is 0.345 e. The molecule has 0 saturated heterocycles. The van der Waals surface area contributed by atoms with Crippen molar-refractivity contribution in [2.24, 2.45) is 10.7 Å². The molecule has 0 amide bonds. The van der Waals surface area contributed by atoms with Crippen molar-refractivity contribution in [1.29, 1.82) is 0 Å². The second-order valence-electron chi connectivity index (χ2n) is 4.08. The fourth-order valence-corrected chi connectivity index (χ4v) is 1.58. The second kappa shape index (κ2) is 7.99. The molecule has 0 aromatic heterocycles. The van der Waals surface area contributed by atoms with Gasteiger partial charge in [-0.25, -0.2) is 4.79 Å². The number of carbonyl (C=O) groups excluding carboxylic acids is 1. The summed E-state index contributed by atoms with van der Waals surface area (Å²) in [5.74, 6) is -0.903. The molecule has 0 aliphatic heterocycles. The Hall–Kier alpha value is -2.30. The number of hydrogen-bond acceptors (Lipinski definition) is 4. The van der Waals surface area contributed by atoms with Crippen LogP contribution >= 0.6 is 0 Å². The van der Waals surface area contributed by atoms with Gasteiger partial charge in [0.2, 0.25) is 0 Å². The van der Waals surface area contributed by atoms with Gasteiger partial charge < -0.3 is 15.6 Å². The lowest BCUT2D eigenvalue weighted by atomic mass is 10.1. The van der Waals surface area contributed by atoms with Crippen molar-refractivity contribution < 1.29 is 14.6 Å². The molecule has 0 unspecified atom stereocenters. The standard InChI is InChI=1S/C15H20N2O3/c1-3-10-17-14(16)12(15(19)20-4-2)13(18)11-8-6-5-7-9-11/h5-9,18H,3-4,10H2,1-2H3,(H2,16,17)/b13-12+. The highest BCUT2D eigenvalue weighted by Gasteiger charge is 2.21. The SMILES string of the molecule is CCCN=C(N)/C(C(=O)OCC)=C(\O)c1ccccc1. The van der Waals surface area contributed by atoms with E-state index in [1.165, 1.54) is 0 Å². The summed E-state index contributed by atoms with van der Waals surface area (Å²) in [5.41, 5.74) is 6.20. The normalized spacial score (nSPS) is 12.8. The molecule has 1 aromatic rings. The molecule has 0 aliphatic rings. The summed E-state index contributed by atoms with van der Waals surface area (Å²) in [6.45, 7) is 4.32. The molecule has 108 valence electrons. The molecule has 20 heavy (non-hydrogen) atoms. The lowest BCUT2D eigenvalue weighted by Crippen LogP contribution is -2.25. The van der Waals surface area contributed by atoms with Crippen molar-refractivity contribution in [3.05, 3.63) is 41.5 Å². The third-order valence-corrected chi connectivity index (χ3v) is 2.53. The fraction of sp³-hybridized carbons (Fsp3) is 0.333. The summed E-state index contributed by atoms with van der Waals surface area (Å²) in [6, 6.07) is 8.69.